The van der Waals surface area contributed by atoms with E-state index in [1.807, 2.05) is 18.5 Å². The molecule has 0 spiro atoms. The van der Waals surface area contributed by atoms with Gasteiger partial charge in [0.15, 0.2) is 0 Å². The lowest BCUT2D eigenvalue weighted by molar-refractivity contribution is 0.873. The number of hydrogen-bond acceptors (Lipinski definition) is 3. The summed E-state index contributed by atoms with van der Waals surface area (Å²) in [6.45, 7) is 2.97. The van der Waals surface area contributed by atoms with Gasteiger partial charge in [-0.15, -0.1) is 0 Å². The van der Waals surface area contributed by atoms with Crippen molar-refractivity contribution in [1.82, 2.24) is 10.3 Å². The van der Waals surface area contributed by atoms with Crippen LogP contribution in [0.1, 0.15) is 5.56 Å². The zero-order valence-corrected chi connectivity index (χ0v) is 10.6. The summed E-state index contributed by atoms with van der Waals surface area (Å²) >= 11 is 0. The molecule has 2 aliphatic rings. The highest BCUT2D eigenvalue weighted by atomic mass is 15.0. The number of hydrogen-bond donors (Lipinski definition) is 2. The first-order valence-corrected chi connectivity index (χ1v) is 6.62. The van der Waals surface area contributed by atoms with Crippen LogP contribution in [0.4, 0.5) is 5.69 Å². The van der Waals surface area contributed by atoms with E-state index in [1.54, 1.807) is 0 Å². The van der Waals surface area contributed by atoms with Crippen LogP contribution in [0.2, 0.25) is 0 Å². The summed E-state index contributed by atoms with van der Waals surface area (Å²) in [5, 5.41) is 6.94. The fourth-order valence-electron chi connectivity index (χ4n) is 2.89. The topological polar surface area (TPSA) is 37.0 Å². The summed E-state index contributed by atoms with van der Waals surface area (Å²) in [7, 11) is 0. The molecule has 0 atom stereocenters. The molecule has 19 heavy (non-hydrogen) atoms. The minimum absolute atomic E-state index is 0.974. The van der Waals surface area contributed by atoms with Gasteiger partial charge in [-0.05, 0) is 34.9 Å². The Morgan fingerprint density at radius 2 is 2.00 bits per heavy atom. The van der Waals surface area contributed by atoms with Crippen LogP contribution >= 0.6 is 0 Å². The molecular formula is C16H15N3. The van der Waals surface area contributed by atoms with E-state index >= 15 is 0 Å². The Labute approximate surface area is 112 Å². The molecule has 3 nitrogen and oxygen atoms in total. The van der Waals surface area contributed by atoms with Crippen LogP contribution in [-0.2, 0) is 0 Å². The molecule has 94 valence electrons. The molecule has 0 amide bonds. The highest BCUT2D eigenvalue weighted by Gasteiger charge is 2.22. The second-order valence-corrected chi connectivity index (χ2v) is 5.04. The van der Waals surface area contributed by atoms with Crippen molar-refractivity contribution < 1.29 is 0 Å². The monoisotopic (exact) mass is 249 g/mol. The second-order valence-electron chi connectivity index (χ2n) is 5.04. The van der Waals surface area contributed by atoms with E-state index < -0.39 is 0 Å². The van der Waals surface area contributed by atoms with Gasteiger partial charge in [0.2, 0.25) is 0 Å². The van der Waals surface area contributed by atoms with Crippen LogP contribution in [0.5, 0.6) is 0 Å². The maximum absolute atomic E-state index is 4.20. The van der Waals surface area contributed by atoms with Gasteiger partial charge in [-0.3, -0.25) is 4.98 Å². The normalized spacial score (nSPS) is 16.8. The summed E-state index contributed by atoms with van der Waals surface area (Å²) in [4.78, 5) is 4.20. The molecule has 0 saturated heterocycles. The number of nitrogens with zero attached hydrogens (tertiary/aromatic N) is 1. The molecule has 0 fully saturated rings. The Morgan fingerprint density at radius 1 is 1.00 bits per heavy atom. The standard InChI is InChI=1S/C16H15N3/c1-2-12(7-17-5-1)11-3-4-16-14(6-11)15-10-18-8-13(15)9-19-16/h1-7,18-19H,8-10H2. The molecule has 0 radical (unpaired) electrons. The Balaban J connectivity index is 1.85. The minimum atomic E-state index is 0.974. The first kappa shape index (κ1) is 10.8. The quantitative estimate of drug-likeness (QED) is 0.815. The van der Waals surface area contributed by atoms with E-state index in [0.717, 1.165) is 19.6 Å². The van der Waals surface area contributed by atoms with Crippen molar-refractivity contribution in [2.75, 3.05) is 25.0 Å². The van der Waals surface area contributed by atoms with Gasteiger partial charge in [-0.1, -0.05) is 12.1 Å². The number of fused-ring (bicyclic) bond motifs is 2. The van der Waals surface area contributed by atoms with E-state index in [9.17, 15) is 0 Å². The predicted molar refractivity (Wildman–Crippen MR) is 78.0 cm³/mol. The molecule has 0 saturated carbocycles. The lowest BCUT2D eigenvalue weighted by Gasteiger charge is -2.21. The van der Waals surface area contributed by atoms with Gasteiger partial charge in [0.1, 0.15) is 0 Å². The Kier molecular flexibility index (Phi) is 2.38. The first-order valence-electron chi connectivity index (χ1n) is 6.62. The lowest BCUT2D eigenvalue weighted by Crippen LogP contribution is -2.14. The number of anilines is 1. The number of rotatable bonds is 1. The summed E-state index contributed by atoms with van der Waals surface area (Å²) in [6.07, 6.45) is 3.73. The third-order valence-electron chi connectivity index (χ3n) is 3.90. The fourth-order valence-corrected chi connectivity index (χ4v) is 2.89. The highest BCUT2D eigenvalue weighted by Crippen LogP contribution is 2.35. The largest absolute Gasteiger partial charge is 0.381 e. The van der Waals surface area contributed by atoms with Gasteiger partial charge < -0.3 is 10.6 Å². The van der Waals surface area contributed by atoms with E-state index in [-0.39, 0.29) is 0 Å². The maximum Gasteiger partial charge on any atom is 0.0420 e. The molecule has 2 aromatic rings. The number of benzene rings is 1. The van der Waals surface area contributed by atoms with Gasteiger partial charge in [0.25, 0.3) is 0 Å². The van der Waals surface area contributed by atoms with Crippen molar-refractivity contribution in [2.45, 2.75) is 0 Å². The lowest BCUT2D eigenvalue weighted by atomic mass is 9.93. The molecule has 3 heteroatoms. The molecule has 0 unspecified atom stereocenters. The average Bonchev–Trinajstić information content (AvgIpc) is 2.96. The highest BCUT2D eigenvalue weighted by molar-refractivity contribution is 5.86. The van der Waals surface area contributed by atoms with Crippen LogP contribution in [-0.4, -0.2) is 24.6 Å². The molecular weight excluding hydrogens is 234 g/mol. The van der Waals surface area contributed by atoms with Crippen molar-refractivity contribution in [3.05, 3.63) is 53.9 Å². The zero-order valence-electron chi connectivity index (χ0n) is 10.6. The van der Waals surface area contributed by atoms with Crippen molar-refractivity contribution in [1.29, 1.82) is 0 Å². The third-order valence-corrected chi connectivity index (χ3v) is 3.90. The first-order chi connectivity index (χ1) is 9.42. The van der Waals surface area contributed by atoms with Gasteiger partial charge in [-0.2, -0.15) is 0 Å². The molecule has 4 rings (SSSR count). The molecule has 3 heterocycles. The van der Waals surface area contributed by atoms with Crippen molar-refractivity contribution in [3.8, 4) is 11.1 Å². The van der Waals surface area contributed by atoms with Crippen LogP contribution in [0.15, 0.2) is 48.3 Å². The van der Waals surface area contributed by atoms with Crippen LogP contribution in [0.25, 0.3) is 16.7 Å². The van der Waals surface area contributed by atoms with E-state index in [1.165, 1.54) is 33.5 Å². The predicted octanol–water partition coefficient (Wildman–Crippen LogP) is 2.53. The fraction of sp³-hybridized carbons (Fsp3) is 0.188. The summed E-state index contributed by atoms with van der Waals surface area (Å²) in [5.41, 5.74) is 7.95. The number of nitrogens with one attached hydrogen (secondary N) is 2. The Morgan fingerprint density at radius 3 is 2.89 bits per heavy atom. The number of aromatic nitrogens is 1. The molecule has 0 bridgehead atoms. The summed E-state index contributed by atoms with van der Waals surface area (Å²) < 4.78 is 0. The molecule has 2 N–H and O–H groups in total. The summed E-state index contributed by atoms with van der Waals surface area (Å²) in [5.74, 6) is 0. The van der Waals surface area contributed by atoms with Crippen LogP contribution < -0.4 is 10.6 Å². The van der Waals surface area contributed by atoms with Gasteiger partial charge >= 0.3 is 0 Å². The van der Waals surface area contributed by atoms with Crippen LogP contribution in [0, 0.1) is 0 Å². The van der Waals surface area contributed by atoms with Gasteiger partial charge in [0, 0.05) is 48.8 Å². The Hall–Kier alpha value is -2.13. The molecule has 2 aliphatic heterocycles. The van der Waals surface area contributed by atoms with Crippen LogP contribution in [0.3, 0.4) is 0 Å². The van der Waals surface area contributed by atoms with Gasteiger partial charge in [0.05, 0.1) is 0 Å². The van der Waals surface area contributed by atoms with E-state index in [2.05, 4.69) is 39.9 Å². The Bertz CT molecular complexity index is 659. The zero-order chi connectivity index (χ0) is 12.7. The molecule has 0 aliphatic carbocycles. The maximum atomic E-state index is 4.20. The van der Waals surface area contributed by atoms with Crippen molar-refractivity contribution in [2.24, 2.45) is 0 Å². The van der Waals surface area contributed by atoms with Crippen molar-refractivity contribution >= 4 is 11.3 Å². The van der Waals surface area contributed by atoms with E-state index in [0.29, 0.717) is 0 Å². The molecule has 1 aromatic heterocycles. The number of pyridine rings is 1. The smallest absolute Gasteiger partial charge is 0.0420 e. The van der Waals surface area contributed by atoms with E-state index in [4.69, 9.17) is 0 Å². The third kappa shape index (κ3) is 1.74. The minimum Gasteiger partial charge on any atom is -0.381 e. The average molecular weight is 249 g/mol. The molecule has 1 aromatic carbocycles. The summed E-state index contributed by atoms with van der Waals surface area (Å²) in [6, 6.07) is 10.7. The SMILES string of the molecule is c1cncc(-c2ccc3c(c2)C2=C(CNC2)CN3)c1. The second kappa shape index (κ2) is 4.21. The van der Waals surface area contributed by atoms with Crippen molar-refractivity contribution in [3.63, 3.8) is 0 Å². The van der Waals surface area contributed by atoms with Gasteiger partial charge in [-0.25, -0.2) is 0 Å².